The van der Waals surface area contributed by atoms with Crippen LogP contribution in [0.5, 0.6) is 0 Å². The number of ether oxygens (including phenoxy) is 5. The van der Waals surface area contributed by atoms with Crippen LogP contribution in [0.1, 0.15) is 20.3 Å². The van der Waals surface area contributed by atoms with Crippen LogP contribution in [0.3, 0.4) is 0 Å². The molecule has 2 N–H and O–H groups in total. The number of hydrogen-bond acceptors (Lipinski definition) is 11. The second-order valence-corrected chi connectivity index (χ2v) is 6.75. The Bertz CT molecular complexity index is 862. The first-order valence-corrected chi connectivity index (χ1v) is 9.49. The SMILES string of the molecule is COC(=O)/C=C/C(=O)OC[C@H]1O[C@@H](N2C=CCC(C(N)=O)=C2)[C@H](OC(C)=O)[C@@H]1OC(C)=O. The predicted octanol–water partition coefficient (Wildman–Crippen LogP) is -0.564. The van der Waals surface area contributed by atoms with Crippen LogP contribution in [0, 0.1) is 0 Å². The van der Waals surface area contributed by atoms with E-state index in [4.69, 9.17) is 24.7 Å². The smallest absolute Gasteiger partial charge is 0.331 e. The largest absolute Gasteiger partial charge is 0.466 e. The van der Waals surface area contributed by atoms with E-state index < -0.39 is 54.3 Å². The van der Waals surface area contributed by atoms with Crippen molar-refractivity contribution < 1.29 is 47.7 Å². The molecule has 1 saturated heterocycles. The van der Waals surface area contributed by atoms with E-state index in [2.05, 4.69) is 4.74 Å². The Labute approximate surface area is 183 Å². The lowest BCUT2D eigenvalue weighted by Gasteiger charge is -2.30. The van der Waals surface area contributed by atoms with Crippen molar-refractivity contribution >= 4 is 29.8 Å². The molecule has 4 atom stereocenters. The maximum absolute atomic E-state index is 11.9. The monoisotopic (exact) mass is 452 g/mol. The molecule has 0 aromatic carbocycles. The van der Waals surface area contributed by atoms with Gasteiger partial charge in [0.25, 0.3) is 0 Å². The van der Waals surface area contributed by atoms with Crippen molar-refractivity contribution in [1.82, 2.24) is 4.90 Å². The second kappa shape index (κ2) is 11.1. The lowest BCUT2D eigenvalue weighted by atomic mass is 10.1. The number of carbonyl (C=O) groups excluding carboxylic acids is 5. The quantitative estimate of drug-likeness (QED) is 0.285. The highest BCUT2D eigenvalue weighted by Gasteiger charge is 2.51. The minimum absolute atomic E-state index is 0.282. The summed E-state index contributed by atoms with van der Waals surface area (Å²) < 4.78 is 26.0. The number of hydrogen-bond donors (Lipinski definition) is 1. The third kappa shape index (κ3) is 6.67. The zero-order valence-corrected chi connectivity index (χ0v) is 17.7. The van der Waals surface area contributed by atoms with Gasteiger partial charge in [0.15, 0.2) is 18.4 Å². The summed E-state index contributed by atoms with van der Waals surface area (Å²) in [4.78, 5) is 59.3. The molecule has 2 heterocycles. The summed E-state index contributed by atoms with van der Waals surface area (Å²) in [7, 11) is 1.15. The molecule has 0 aromatic heterocycles. The molecule has 12 heteroatoms. The van der Waals surface area contributed by atoms with E-state index in [-0.39, 0.29) is 12.2 Å². The Morgan fingerprint density at radius 3 is 2.31 bits per heavy atom. The minimum atomic E-state index is -1.13. The molecule has 1 amide bonds. The maximum Gasteiger partial charge on any atom is 0.331 e. The lowest BCUT2D eigenvalue weighted by molar-refractivity contribution is -0.166. The molecule has 0 unspecified atom stereocenters. The molecule has 0 radical (unpaired) electrons. The maximum atomic E-state index is 11.9. The molecular formula is C20H24N2O10. The Balaban J connectivity index is 2.24. The van der Waals surface area contributed by atoms with Crippen molar-refractivity contribution in [2.75, 3.05) is 13.7 Å². The fraction of sp³-hybridized carbons (Fsp3) is 0.450. The van der Waals surface area contributed by atoms with Crippen molar-refractivity contribution in [2.24, 2.45) is 5.73 Å². The number of allylic oxidation sites excluding steroid dienone is 1. The minimum Gasteiger partial charge on any atom is -0.466 e. The summed E-state index contributed by atoms with van der Waals surface area (Å²) in [6, 6.07) is 0. The molecule has 1 fully saturated rings. The van der Waals surface area contributed by atoms with E-state index >= 15 is 0 Å². The molecule has 2 aliphatic heterocycles. The van der Waals surface area contributed by atoms with Gasteiger partial charge >= 0.3 is 23.9 Å². The second-order valence-electron chi connectivity index (χ2n) is 6.75. The molecule has 0 saturated carbocycles. The third-order valence-electron chi connectivity index (χ3n) is 4.37. The van der Waals surface area contributed by atoms with Gasteiger partial charge in [-0.3, -0.25) is 14.4 Å². The van der Waals surface area contributed by atoms with Gasteiger partial charge in [-0.25, -0.2) is 9.59 Å². The molecule has 174 valence electrons. The van der Waals surface area contributed by atoms with E-state index in [1.807, 2.05) is 0 Å². The first-order valence-electron chi connectivity index (χ1n) is 9.49. The number of carbonyl (C=O) groups is 5. The predicted molar refractivity (Wildman–Crippen MR) is 105 cm³/mol. The van der Waals surface area contributed by atoms with Crippen molar-refractivity contribution in [3.63, 3.8) is 0 Å². The number of esters is 4. The van der Waals surface area contributed by atoms with Crippen LogP contribution in [-0.4, -0.2) is 72.9 Å². The summed E-state index contributed by atoms with van der Waals surface area (Å²) in [6.45, 7) is 1.94. The highest BCUT2D eigenvalue weighted by atomic mass is 16.7. The van der Waals surface area contributed by atoms with Crippen LogP contribution >= 0.6 is 0 Å². The number of rotatable bonds is 8. The summed E-state index contributed by atoms with van der Waals surface area (Å²) in [5, 5.41) is 0. The van der Waals surface area contributed by atoms with Crippen LogP contribution in [-0.2, 0) is 47.7 Å². The van der Waals surface area contributed by atoms with Crippen molar-refractivity contribution in [1.29, 1.82) is 0 Å². The molecular weight excluding hydrogens is 428 g/mol. The van der Waals surface area contributed by atoms with Crippen molar-refractivity contribution in [3.8, 4) is 0 Å². The van der Waals surface area contributed by atoms with Crippen molar-refractivity contribution in [3.05, 3.63) is 36.2 Å². The Kier molecular flexibility index (Phi) is 8.53. The van der Waals surface area contributed by atoms with Gasteiger partial charge in [0.2, 0.25) is 5.91 Å². The van der Waals surface area contributed by atoms with Crippen molar-refractivity contribution in [2.45, 2.75) is 44.8 Å². The number of primary amides is 1. The van der Waals surface area contributed by atoms with Gasteiger partial charge < -0.3 is 34.3 Å². The summed E-state index contributed by atoms with van der Waals surface area (Å²) >= 11 is 0. The summed E-state index contributed by atoms with van der Waals surface area (Å²) in [5.41, 5.74) is 5.63. The van der Waals surface area contributed by atoms with E-state index in [1.165, 1.54) is 18.0 Å². The standard InChI is InChI=1S/C20H24N2O10/c1-11(23)30-17-14(10-29-16(26)7-6-15(25)28-3)32-20(18(17)31-12(2)24)22-8-4-5-13(9-22)19(21)27/h4,6-9,14,17-18,20H,5,10H2,1-3H3,(H2,21,27)/b7-6+/t14-,17-,18-,20-/m1/s1. The van der Waals surface area contributed by atoms with Crippen LogP contribution in [0.25, 0.3) is 0 Å². The first-order chi connectivity index (χ1) is 15.1. The number of nitrogens with zero attached hydrogens (tertiary/aromatic N) is 1. The van der Waals surface area contributed by atoms with Crippen LogP contribution in [0.15, 0.2) is 36.2 Å². The number of amides is 1. The zero-order chi connectivity index (χ0) is 23.8. The van der Waals surface area contributed by atoms with E-state index in [0.29, 0.717) is 6.42 Å². The van der Waals surface area contributed by atoms with E-state index in [0.717, 1.165) is 26.2 Å². The third-order valence-corrected chi connectivity index (χ3v) is 4.37. The van der Waals surface area contributed by atoms with Crippen LogP contribution in [0.4, 0.5) is 0 Å². The molecule has 32 heavy (non-hydrogen) atoms. The van der Waals surface area contributed by atoms with Gasteiger partial charge in [0, 0.05) is 44.0 Å². The average molecular weight is 452 g/mol. The van der Waals surface area contributed by atoms with Gasteiger partial charge in [-0.1, -0.05) is 6.08 Å². The highest BCUT2D eigenvalue weighted by molar-refractivity contribution is 5.92. The fourth-order valence-corrected chi connectivity index (χ4v) is 3.05. The topological polar surface area (TPSA) is 161 Å². The Morgan fingerprint density at radius 2 is 1.72 bits per heavy atom. The van der Waals surface area contributed by atoms with Gasteiger partial charge in [-0.05, 0) is 6.42 Å². The molecule has 0 bridgehead atoms. The number of methoxy groups -OCH3 is 1. The summed E-state index contributed by atoms with van der Waals surface area (Å²) in [6.07, 6.45) is 2.44. The Hall–Kier alpha value is -3.67. The van der Waals surface area contributed by atoms with Crippen LogP contribution < -0.4 is 5.73 Å². The Morgan fingerprint density at radius 1 is 1.09 bits per heavy atom. The number of nitrogens with two attached hydrogens (primary N) is 1. The summed E-state index contributed by atoms with van der Waals surface area (Å²) in [5.74, 6) is -3.61. The van der Waals surface area contributed by atoms with Gasteiger partial charge in [-0.15, -0.1) is 0 Å². The molecule has 0 aromatic rings. The zero-order valence-electron chi connectivity index (χ0n) is 17.7. The van der Waals surface area contributed by atoms with E-state index in [1.54, 1.807) is 12.3 Å². The molecule has 0 spiro atoms. The highest BCUT2D eigenvalue weighted by Crippen LogP contribution is 2.31. The normalized spacial score (nSPS) is 24.6. The molecule has 2 aliphatic rings. The first kappa shape index (κ1) is 24.6. The lowest BCUT2D eigenvalue weighted by Crippen LogP contribution is -2.45. The van der Waals surface area contributed by atoms with E-state index in [9.17, 15) is 24.0 Å². The molecule has 2 rings (SSSR count). The fourth-order valence-electron chi connectivity index (χ4n) is 3.05. The average Bonchev–Trinajstić information content (AvgIpc) is 3.06. The van der Waals surface area contributed by atoms with Crippen LogP contribution in [0.2, 0.25) is 0 Å². The van der Waals surface area contributed by atoms with Gasteiger partial charge in [0.05, 0.1) is 7.11 Å². The molecule has 12 nitrogen and oxygen atoms in total. The molecule has 0 aliphatic carbocycles. The van der Waals surface area contributed by atoms with Gasteiger partial charge in [0.1, 0.15) is 12.7 Å². The van der Waals surface area contributed by atoms with Gasteiger partial charge in [-0.2, -0.15) is 0 Å².